The number of hydrogen-bond donors (Lipinski definition) is 2. The fourth-order valence-corrected chi connectivity index (χ4v) is 6.04. The molecular formula is C39H49N3O6. The van der Waals surface area contributed by atoms with Crippen molar-refractivity contribution in [3.05, 3.63) is 107 Å². The van der Waals surface area contributed by atoms with Crippen LogP contribution in [0.5, 0.6) is 0 Å². The Kier molecular flexibility index (Phi) is 12.9. The average molecular weight is 656 g/mol. The molecular weight excluding hydrogens is 606 g/mol. The van der Waals surface area contributed by atoms with E-state index in [9.17, 15) is 19.2 Å². The molecule has 48 heavy (non-hydrogen) atoms. The molecule has 256 valence electrons. The van der Waals surface area contributed by atoms with Crippen molar-refractivity contribution >= 4 is 23.8 Å². The van der Waals surface area contributed by atoms with Crippen molar-refractivity contribution < 1.29 is 28.7 Å². The van der Waals surface area contributed by atoms with E-state index in [0.717, 1.165) is 22.3 Å². The van der Waals surface area contributed by atoms with Gasteiger partial charge in [-0.3, -0.25) is 19.7 Å². The lowest BCUT2D eigenvalue weighted by Gasteiger charge is -2.33. The molecule has 0 fully saturated rings. The molecule has 0 radical (unpaired) electrons. The van der Waals surface area contributed by atoms with Gasteiger partial charge >= 0.3 is 11.9 Å². The second-order valence-corrected chi connectivity index (χ2v) is 13.4. The SMILES string of the molecule is CCOC(=O)C(CCc1ccccc1)N[C@@H](C)C(=O)N(CC(=O)N[C@@H](Cc1ccccc1)C(=O)OC(C)(C)C)C1Cc2ccccc2C1. The summed E-state index contributed by atoms with van der Waals surface area (Å²) in [5.74, 6) is -1.75. The smallest absolute Gasteiger partial charge is 0.329 e. The Morgan fingerprint density at radius 2 is 1.38 bits per heavy atom. The van der Waals surface area contributed by atoms with Gasteiger partial charge < -0.3 is 19.7 Å². The largest absolute Gasteiger partial charge is 0.465 e. The molecule has 0 spiro atoms. The maximum absolute atomic E-state index is 14.2. The zero-order valence-corrected chi connectivity index (χ0v) is 28.7. The predicted molar refractivity (Wildman–Crippen MR) is 185 cm³/mol. The van der Waals surface area contributed by atoms with Crippen molar-refractivity contribution in [2.75, 3.05) is 13.2 Å². The summed E-state index contributed by atoms with van der Waals surface area (Å²) >= 11 is 0. The lowest BCUT2D eigenvalue weighted by atomic mass is 10.0. The summed E-state index contributed by atoms with van der Waals surface area (Å²) in [5.41, 5.74) is 3.45. The first-order valence-electron chi connectivity index (χ1n) is 16.8. The van der Waals surface area contributed by atoms with Crippen molar-refractivity contribution in [2.24, 2.45) is 0 Å². The van der Waals surface area contributed by atoms with Gasteiger partial charge in [-0.25, -0.2) is 4.79 Å². The molecule has 1 aliphatic rings. The van der Waals surface area contributed by atoms with Gasteiger partial charge in [0.15, 0.2) is 0 Å². The summed E-state index contributed by atoms with van der Waals surface area (Å²) in [4.78, 5) is 55.8. The number of esters is 2. The lowest BCUT2D eigenvalue weighted by Crippen LogP contribution is -2.57. The van der Waals surface area contributed by atoms with Crippen LogP contribution in [-0.2, 0) is 54.3 Å². The van der Waals surface area contributed by atoms with Gasteiger partial charge in [0.2, 0.25) is 11.8 Å². The van der Waals surface area contributed by atoms with E-state index in [1.54, 1.807) is 39.5 Å². The van der Waals surface area contributed by atoms with Gasteiger partial charge in [0, 0.05) is 12.5 Å². The number of rotatable bonds is 15. The van der Waals surface area contributed by atoms with E-state index in [1.165, 1.54) is 0 Å². The summed E-state index contributed by atoms with van der Waals surface area (Å²) in [5, 5.41) is 6.08. The molecule has 2 amide bonds. The number of carbonyl (C=O) groups is 4. The van der Waals surface area contributed by atoms with Gasteiger partial charge in [-0.15, -0.1) is 0 Å². The molecule has 0 saturated carbocycles. The van der Waals surface area contributed by atoms with Crippen LogP contribution in [0.4, 0.5) is 0 Å². The Balaban J connectivity index is 1.53. The molecule has 9 nitrogen and oxygen atoms in total. The third kappa shape index (κ3) is 10.8. The van der Waals surface area contributed by atoms with Crippen LogP contribution in [0.1, 0.15) is 63.3 Å². The number of amides is 2. The third-order valence-corrected chi connectivity index (χ3v) is 8.33. The molecule has 3 aromatic rings. The van der Waals surface area contributed by atoms with Crippen molar-refractivity contribution in [1.29, 1.82) is 0 Å². The van der Waals surface area contributed by atoms with Crippen LogP contribution in [-0.4, -0.2) is 71.6 Å². The lowest BCUT2D eigenvalue weighted by molar-refractivity contribution is -0.158. The predicted octanol–water partition coefficient (Wildman–Crippen LogP) is 4.59. The Bertz CT molecular complexity index is 1500. The first-order valence-corrected chi connectivity index (χ1v) is 16.8. The Labute approximate surface area is 284 Å². The summed E-state index contributed by atoms with van der Waals surface area (Å²) < 4.78 is 11.0. The Morgan fingerprint density at radius 3 is 1.94 bits per heavy atom. The number of carbonyl (C=O) groups excluding carboxylic acids is 4. The molecule has 0 aromatic heterocycles. The fraction of sp³-hybridized carbons (Fsp3) is 0.436. The maximum Gasteiger partial charge on any atom is 0.329 e. The second kappa shape index (κ2) is 17.1. The van der Waals surface area contributed by atoms with Gasteiger partial charge in [0.25, 0.3) is 0 Å². The molecule has 3 atom stereocenters. The van der Waals surface area contributed by atoms with Gasteiger partial charge in [0.05, 0.1) is 19.2 Å². The molecule has 0 heterocycles. The van der Waals surface area contributed by atoms with E-state index in [4.69, 9.17) is 9.47 Å². The zero-order valence-electron chi connectivity index (χ0n) is 28.7. The number of aryl methyl sites for hydroxylation is 1. The highest BCUT2D eigenvalue weighted by atomic mass is 16.6. The highest BCUT2D eigenvalue weighted by Gasteiger charge is 2.36. The van der Waals surface area contributed by atoms with Crippen LogP contribution in [0.2, 0.25) is 0 Å². The van der Waals surface area contributed by atoms with Crippen LogP contribution in [0, 0.1) is 0 Å². The van der Waals surface area contributed by atoms with Gasteiger partial charge in [0.1, 0.15) is 17.7 Å². The van der Waals surface area contributed by atoms with Crippen LogP contribution < -0.4 is 10.6 Å². The first kappa shape index (κ1) is 36.3. The van der Waals surface area contributed by atoms with Gasteiger partial charge in [-0.05, 0) is 82.6 Å². The topological polar surface area (TPSA) is 114 Å². The Hall–Kier alpha value is -4.50. The average Bonchev–Trinajstić information content (AvgIpc) is 3.49. The highest BCUT2D eigenvalue weighted by Crippen LogP contribution is 2.26. The summed E-state index contributed by atoms with van der Waals surface area (Å²) in [6.07, 6.45) is 2.49. The zero-order chi connectivity index (χ0) is 34.7. The Morgan fingerprint density at radius 1 is 0.812 bits per heavy atom. The van der Waals surface area contributed by atoms with Crippen molar-refractivity contribution in [3.63, 3.8) is 0 Å². The standard InChI is InChI=1S/C39H49N3O6/c1-6-47-37(45)33(22-21-28-15-9-7-10-16-28)40-27(2)36(44)42(32-24-30-19-13-14-20-31(30)25-32)26-35(43)41-34(38(46)48-39(3,4)5)23-29-17-11-8-12-18-29/h7-20,27,32-34,40H,6,21-26H2,1-5H3,(H,41,43)/t27-,33?,34-/m0/s1. The van der Waals surface area contributed by atoms with Crippen LogP contribution in [0.15, 0.2) is 84.9 Å². The number of hydrogen-bond acceptors (Lipinski definition) is 7. The van der Waals surface area contributed by atoms with Gasteiger partial charge in [-0.2, -0.15) is 0 Å². The summed E-state index contributed by atoms with van der Waals surface area (Å²) in [6, 6.07) is 24.5. The van der Waals surface area contributed by atoms with Crippen LogP contribution in [0.3, 0.4) is 0 Å². The molecule has 0 bridgehead atoms. The van der Waals surface area contributed by atoms with E-state index in [-0.39, 0.29) is 31.5 Å². The van der Waals surface area contributed by atoms with Crippen molar-refractivity contribution in [2.45, 2.75) is 96.5 Å². The summed E-state index contributed by atoms with van der Waals surface area (Å²) in [7, 11) is 0. The van der Waals surface area contributed by atoms with Crippen LogP contribution >= 0.6 is 0 Å². The molecule has 1 aliphatic carbocycles. The highest BCUT2D eigenvalue weighted by molar-refractivity contribution is 5.90. The van der Waals surface area contributed by atoms with Gasteiger partial charge in [-0.1, -0.05) is 84.9 Å². The quantitative estimate of drug-likeness (QED) is 0.230. The van der Waals surface area contributed by atoms with E-state index in [1.807, 2.05) is 84.9 Å². The number of nitrogens with zero attached hydrogens (tertiary/aromatic N) is 1. The van der Waals surface area contributed by atoms with Crippen molar-refractivity contribution in [3.8, 4) is 0 Å². The second-order valence-electron chi connectivity index (χ2n) is 13.4. The molecule has 2 N–H and O–H groups in total. The number of nitrogens with one attached hydrogen (secondary N) is 2. The normalized spacial score (nSPS) is 14.7. The third-order valence-electron chi connectivity index (χ3n) is 8.33. The van der Waals surface area contributed by atoms with E-state index >= 15 is 0 Å². The van der Waals surface area contributed by atoms with E-state index in [0.29, 0.717) is 25.7 Å². The first-order chi connectivity index (χ1) is 22.9. The molecule has 9 heteroatoms. The van der Waals surface area contributed by atoms with E-state index in [2.05, 4.69) is 10.6 Å². The monoisotopic (exact) mass is 655 g/mol. The number of benzene rings is 3. The molecule has 1 unspecified atom stereocenters. The fourth-order valence-electron chi connectivity index (χ4n) is 6.04. The molecule has 0 saturated heterocycles. The number of ether oxygens (including phenoxy) is 2. The maximum atomic E-state index is 14.2. The van der Waals surface area contributed by atoms with Crippen LogP contribution in [0.25, 0.3) is 0 Å². The molecule has 0 aliphatic heterocycles. The minimum atomic E-state index is -0.946. The minimum Gasteiger partial charge on any atom is -0.465 e. The number of fused-ring (bicyclic) bond motifs is 1. The van der Waals surface area contributed by atoms with E-state index < -0.39 is 41.6 Å². The molecule has 4 rings (SSSR count). The molecule has 3 aromatic carbocycles. The van der Waals surface area contributed by atoms with Crippen molar-refractivity contribution in [1.82, 2.24) is 15.5 Å². The summed E-state index contributed by atoms with van der Waals surface area (Å²) in [6.45, 7) is 8.77. The minimum absolute atomic E-state index is 0.221.